The SMILES string of the molecule is Cc1nc2cc(Cl)c(Nc3nc(=O)n(Cc4ccc[nH]c4=O)c(=O)n3Cc3cc(F)c(F)cc3F)cc2n1C. The monoisotopic (exact) mass is 557 g/mol. The van der Waals surface area contributed by atoms with Gasteiger partial charge >= 0.3 is 11.4 Å². The van der Waals surface area contributed by atoms with Crippen molar-refractivity contribution in [2.45, 2.75) is 20.0 Å². The van der Waals surface area contributed by atoms with E-state index in [4.69, 9.17) is 11.6 Å². The van der Waals surface area contributed by atoms with Crippen molar-refractivity contribution >= 4 is 34.3 Å². The first-order valence-corrected chi connectivity index (χ1v) is 11.8. The smallest absolute Gasteiger partial charge is 0.331 e. The van der Waals surface area contributed by atoms with Crippen LogP contribution in [0.2, 0.25) is 5.02 Å². The number of rotatable bonds is 6. The summed E-state index contributed by atoms with van der Waals surface area (Å²) >= 11 is 6.43. The molecule has 0 aliphatic carbocycles. The Hall–Kier alpha value is -4.65. The van der Waals surface area contributed by atoms with Crippen molar-refractivity contribution in [3.63, 3.8) is 0 Å². The Balaban J connectivity index is 1.67. The fourth-order valence-electron chi connectivity index (χ4n) is 4.06. The Bertz CT molecular complexity index is 1950. The van der Waals surface area contributed by atoms with E-state index in [0.717, 1.165) is 4.57 Å². The van der Waals surface area contributed by atoms with E-state index in [2.05, 4.69) is 20.3 Å². The normalized spacial score (nSPS) is 11.3. The number of nitrogens with one attached hydrogen (secondary N) is 2. The maximum absolute atomic E-state index is 14.6. The van der Waals surface area contributed by atoms with E-state index in [1.165, 1.54) is 18.3 Å². The minimum absolute atomic E-state index is 0.0878. The van der Waals surface area contributed by atoms with Crippen molar-refractivity contribution in [1.82, 2.24) is 28.7 Å². The van der Waals surface area contributed by atoms with Gasteiger partial charge in [-0.2, -0.15) is 4.98 Å². The summed E-state index contributed by atoms with van der Waals surface area (Å²) in [5.41, 5.74) is -1.30. The summed E-state index contributed by atoms with van der Waals surface area (Å²) in [6.45, 7) is 0.726. The van der Waals surface area contributed by atoms with Gasteiger partial charge in [0.15, 0.2) is 11.6 Å². The van der Waals surface area contributed by atoms with Gasteiger partial charge in [-0.25, -0.2) is 32.3 Å². The van der Waals surface area contributed by atoms with E-state index in [0.29, 0.717) is 33.6 Å². The number of pyridine rings is 1. The number of anilines is 2. The van der Waals surface area contributed by atoms with Crippen molar-refractivity contribution in [3.8, 4) is 0 Å². The number of aromatic amines is 1. The lowest BCUT2D eigenvalue weighted by molar-refractivity contribution is 0.485. The van der Waals surface area contributed by atoms with Crippen LogP contribution < -0.4 is 22.3 Å². The van der Waals surface area contributed by atoms with Crippen LogP contribution in [0.1, 0.15) is 17.0 Å². The summed E-state index contributed by atoms with van der Waals surface area (Å²) in [6, 6.07) is 7.09. The fraction of sp³-hybridized carbons (Fsp3) is 0.160. The number of imidazole rings is 1. The predicted octanol–water partition coefficient (Wildman–Crippen LogP) is 3.20. The number of hydrogen-bond donors (Lipinski definition) is 2. The number of aryl methyl sites for hydroxylation is 2. The average Bonchev–Trinajstić information content (AvgIpc) is 3.15. The number of fused-ring (bicyclic) bond motifs is 1. The third kappa shape index (κ3) is 4.83. The van der Waals surface area contributed by atoms with Crippen LogP contribution >= 0.6 is 11.6 Å². The second-order valence-corrected chi connectivity index (χ2v) is 9.13. The third-order valence-corrected chi connectivity index (χ3v) is 6.55. The zero-order valence-corrected chi connectivity index (χ0v) is 21.2. The van der Waals surface area contributed by atoms with Gasteiger partial charge in [-0.1, -0.05) is 17.7 Å². The van der Waals surface area contributed by atoms with Gasteiger partial charge in [0.2, 0.25) is 5.95 Å². The van der Waals surface area contributed by atoms with Crippen LogP contribution in [0.3, 0.4) is 0 Å². The number of halogens is 4. The highest BCUT2D eigenvalue weighted by Crippen LogP contribution is 2.30. The number of benzene rings is 2. The highest BCUT2D eigenvalue weighted by atomic mass is 35.5. The van der Waals surface area contributed by atoms with Crippen molar-refractivity contribution in [1.29, 1.82) is 0 Å². The number of aromatic nitrogens is 6. The van der Waals surface area contributed by atoms with Crippen molar-refractivity contribution in [2.24, 2.45) is 7.05 Å². The van der Waals surface area contributed by atoms with E-state index < -0.39 is 47.5 Å². The molecule has 0 saturated heterocycles. The highest BCUT2D eigenvalue weighted by molar-refractivity contribution is 6.34. The maximum atomic E-state index is 14.6. The van der Waals surface area contributed by atoms with Crippen LogP contribution in [-0.4, -0.2) is 28.7 Å². The molecule has 0 fully saturated rings. The van der Waals surface area contributed by atoms with Crippen LogP contribution in [0.15, 0.2) is 57.0 Å². The minimum Gasteiger partial charge on any atom is -0.331 e. The van der Waals surface area contributed by atoms with E-state index in [9.17, 15) is 27.6 Å². The number of hydrogen-bond acceptors (Lipinski definition) is 6. The van der Waals surface area contributed by atoms with Crippen LogP contribution in [0.25, 0.3) is 11.0 Å². The first-order chi connectivity index (χ1) is 18.5. The quantitative estimate of drug-likeness (QED) is 0.310. The van der Waals surface area contributed by atoms with E-state index in [-0.39, 0.29) is 27.8 Å². The van der Waals surface area contributed by atoms with Crippen LogP contribution in [0.5, 0.6) is 0 Å². The summed E-state index contributed by atoms with van der Waals surface area (Å²) in [5.74, 6) is -3.48. The Morgan fingerprint density at radius 2 is 1.67 bits per heavy atom. The molecule has 0 radical (unpaired) electrons. The molecule has 0 aliphatic rings. The first kappa shape index (κ1) is 26.0. The molecule has 3 heterocycles. The molecular formula is C25H19ClF3N7O3. The maximum Gasteiger partial charge on any atom is 0.355 e. The Morgan fingerprint density at radius 1 is 0.949 bits per heavy atom. The van der Waals surface area contributed by atoms with Crippen molar-refractivity contribution in [2.75, 3.05) is 5.32 Å². The van der Waals surface area contributed by atoms with Gasteiger partial charge in [-0.15, -0.1) is 0 Å². The summed E-state index contributed by atoms with van der Waals surface area (Å²) in [7, 11) is 1.79. The molecule has 39 heavy (non-hydrogen) atoms. The molecule has 3 aromatic heterocycles. The minimum atomic E-state index is -1.40. The lowest BCUT2D eigenvalue weighted by Crippen LogP contribution is -2.43. The zero-order chi connectivity index (χ0) is 28.0. The molecule has 0 bridgehead atoms. The van der Waals surface area contributed by atoms with E-state index in [1.807, 2.05) is 0 Å². The molecule has 10 nitrogen and oxygen atoms in total. The highest BCUT2D eigenvalue weighted by Gasteiger charge is 2.19. The lowest BCUT2D eigenvalue weighted by Gasteiger charge is -2.17. The van der Waals surface area contributed by atoms with Crippen molar-refractivity contribution < 1.29 is 13.2 Å². The Labute approximate surface area is 222 Å². The van der Waals surface area contributed by atoms with Gasteiger partial charge in [0.05, 0.1) is 34.8 Å². The van der Waals surface area contributed by atoms with Gasteiger partial charge < -0.3 is 14.9 Å². The van der Waals surface area contributed by atoms with Crippen LogP contribution in [0, 0.1) is 24.4 Å². The Morgan fingerprint density at radius 3 is 2.41 bits per heavy atom. The number of nitrogens with zero attached hydrogens (tertiary/aromatic N) is 5. The van der Waals surface area contributed by atoms with Gasteiger partial charge in [0.1, 0.15) is 11.6 Å². The molecule has 0 saturated carbocycles. The Kier molecular flexibility index (Phi) is 6.60. The summed E-state index contributed by atoms with van der Waals surface area (Å²) in [6.07, 6.45) is 1.38. The van der Waals surface area contributed by atoms with Gasteiger partial charge in [-0.05, 0) is 31.2 Å². The number of H-pyrrole nitrogens is 1. The van der Waals surface area contributed by atoms with E-state index in [1.54, 1.807) is 30.7 Å². The fourth-order valence-corrected chi connectivity index (χ4v) is 4.26. The van der Waals surface area contributed by atoms with E-state index >= 15 is 0 Å². The van der Waals surface area contributed by atoms with Gasteiger partial charge in [-0.3, -0.25) is 9.36 Å². The molecule has 0 spiro atoms. The molecule has 5 rings (SSSR count). The average molecular weight is 558 g/mol. The molecule has 0 atom stereocenters. The second-order valence-electron chi connectivity index (χ2n) is 8.72. The van der Waals surface area contributed by atoms with Crippen molar-refractivity contribution in [3.05, 3.63) is 113 Å². The molecule has 2 aromatic carbocycles. The van der Waals surface area contributed by atoms with Crippen LogP contribution in [0.4, 0.5) is 24.8 Å². The van der Waals surface area contributed by atoms with Gasteiger partial charge in [0.25, 0.3) is 5.56 Å². The topological polar surface area (TPSA) is 120 Å². The van der Waals surface area contributed by atoms with Crippen LogP contribution in [-0.2, 0) is 20.1 Å². The largest absolute Gasteiger partial charge is 0.355 e. The standard InChI is InChI=1S/C25H19ClF3N7O3/c1-12-31-20-7-15(26)19(9-21(20)34(12)2)32-23-33-24(38)36(10-13-4-3-5-30-22(13)37)25(39)35(23)11-14-6-17(28)18(29)8-16(14)27/h3-9H,10-11H2,1-2H3,(H,30,37)(H,32,33,38). The van der Waals surface area contributed by atoms with Gasteiger partial charge in [0, 0.05) is 30.4 Å². The summed E-state index contributed by atoms with van der Waals surface area (Å²) in [5, 5.41) is 3.01. The third-order valence-electron chi connectivity index (χ3n) is 6.24. The molecule has 14 heteroatoms. The zero-order valence-electron chi connectivity index (χ0n) is 20.4. The second kappa shape index (κ2) is 9.91. The predicted molar refractivity (Wildman–Crippen MR) is 138 cm³/mol. The molecule has 200 valence electrons. The molecule has 0 amide bonds. The molecule has 5 aromatic rings. The summed E-state index contributed by atoms with van der Waals surface area (Å²) < 4.78 is 45.4. The molecule has 0 unspecified atom stereocenters. The first-order valence-electron chi connectivity index (χ1n) is 11.4. The lowest BCUT2D eigenvalue weighted by atomic mass is 10.2. The molecule has 2 N–H and O–H groups in total. The molecular weight excluding hydrogens is 539 g/mol. The summed E-state index contributed by atoms with van der Waals surface area (Å²) in [4.78, 5) is 49.4. The molecule has 0 aliphatic heterocycles.